The number of amides is 5. The molecule has 10 N–H and O–H groups in total. The van der Waals surface area contributed by atoms with E-state index in [1.165, 1.54) is 49.9 Å². The number of hydrogen-bond donors (Lipinski definition) is 7. The Labute approximate surface area is 392 Å². The lowest BCUT2D eigenvalue weighted by Gasteiger charge is -2.30. The van der Waals surface area contributed by atoms with Crippen molar-refractivity contribution in [3.05, 3.63) is 94.8 Å². The summed E-state index contributed by atoms with van der Waals surface area (Å²) < 4.78 is 12.1. The third-order valence-electron chi connectivity index (χ3n) is 10.8. The lowest BCUT2D eigenvalue weighted by Crippen LogP contribution is -2.55. The van der Waals surface area contributed by atoms with Crippen LogP contribution < -0.4 is 47.9 Å². The molecule has 18 heteroatoms. The van der Waals surface area contributed by atoms with Crippen LogP contribution in [0.2, 0.25) is 0 Å². The van der Waals surface area contributed by atoms with Gasteiger partial charge in [-0.2, -0.15) is 5.26 Å². The van der Waals surface area contributed by atoms with Gasteiger partial charge in [-0.15, -0.1) is 0 Å². The summed E-state index contributed by atoms with van der Waals surface area (Å²) in [6.45, 7) is 7.90. The number of nitrogens with two attached hydrogens (primary N) is 3. The van der Waals surface area contributed by atoms with Gasteiger partial charge in [0.2, 0.25) is 23.6 Å². The molecule has 0 fully saturated rings. The average Bonchev–Trinajstić information content (AvgIpc) is 3.32. The van der Waals surface area contributed by atoms with Gasteiger partial charge in [0.15, 0.2) is 5.82 Å². The van der Waals surface area contributed by atoms with Crippen LogP contribution in [-0.4, -0.2) is 109 Å². The number of benzene rings is 3. The average molecular weight is 920 g/mol. The molecule has 0 saturated carbocycles. The van der Waals surface area contributed by atoms with E-state index in [-0.39, 0.29) is 44.8 Å². The minimum absolute atomic E-state index is 0.0149. The van der Waals surface area contributed by atoms with Crippen LogP contribution >= 0.6 is 0 Å². The maximum atomic E-state index is 14.3. The predicted molar refractivity (Wildman–Crippen MR) is 255 cm³/mol. The molecule has 0 aliphatic carbocycles. The van der Waals surface area contributed by atoms with Crippen molar-refractivity contribution in [1.82, 2.24) is 36.1 Å². The second kappa shape index (κ2) is 26.9. The SMILES string of the molecule is CCCCCCc1ccc(-c2ncc(C(=O)NCC(=O)N(C)C3C(=O)N[C@@H](C)C(=O)N[C@H](C(=O)NCC#N)Cc4ccc(OCCN)c(c4)-c4cc3ccc4OCCN)c(C)n2)cc1.CCN. The van der Waals surface area contributed by atoms with Crippen molar-refractivity contribution in [1.29, 1.82) is 5.26 Å². The smallest absolute Gasteiger partial charge is 0.255 e. The van der Waals surface area contributed by atoms with E-state index in [0.717, 1.165) is 24.9 Å². The zero-order valence-electron chi connectivity index (χ0n) is 39.2. The summed E-state index contributed by atoms with van der Waals surface area (Å²) in [5.41, 5.74) is 21.0. The van der Waals surface area contributed by atoms with Gasteiger partial charge in [0.05, 0.1) is 23.9 Å². The number of likely N-dealkylation sites (N-methyl/N-ethyl adjacent to an activating group) is 1. The van der Waals surface area contributed by atoms with Gasteiger partial charge in [-0.25, -0.2) is 9.97 Å². The van der Waals surface area contributed by atoms with Crippen LogP contribution in [0.25, 0.3) is 22.5 Å². The largest absolute Gasteiger partial charge is 0.492 e. The number of aryl methyl sites for hydroxylation is 2. The Morgan fingerprint density at radius 3 is 2.16 bits per heavy atom. The van der Waals surface area contributed by atoms with Crippen LogP contribution in [0.15, 0.2) is 66.9 Å². The van der Waals surface area contributed by atoms with Gasteiger partial charge >= 0.3 is 0 Å². The van der Waals surface area contributed by atoms with Crippen LogP contribution in [0.5, 0.6) is 11.5 Å². The number of hydrogen-bond acceptors (Lipinski definition) is 13. The maximum Gasteiger partial charge on any atom is 0.255 e. The van der Waals surface area contributed by atoms with Gasteiger partial charge in [-0.3, -0.25) is 24.0 Å². The molecule has 67 heavy (non-hydrogen) atoms. The Kier molecular flexibility index (Phi) is 21.1. The van der Waals surface area contributed by atoms with E-state index in [2.05, 4.69) is 50.3 Å². The van der Waals surface area contributed by atoms with Crippen LogP contribution in [0.1, 0.15) is 85.2 Å². The minimum Gasteiger partial charge on any atom is -0.492 e. The van der Waals surface area contributed by atoms with Crippen molar-refractivity contribution in [2.24, 2.45) is 17.2 Å². The monoisotopic (exact) mass is 920 g/mol. The van der Waals surface area contributed by atoms with Crippen molar-refractivity contribution in [3.8, 4) is 40.1 Å². The zero-order valence-corrected chi connectivity index (χ0v) is 39.2. The minimum atomic E-state index is -1.34. The zero-order chi connectivity index (χ0) is 48.9. The summed E-state index contributed by atoms with van der Waals surface area (Å²) in [5, 5.41) is 19.7. The topological polar surface area (TPSA) is 283 Å². The van der Waals surface area contributed by atoms with Gasteiger partial charge in [0, 0.05) is 49.4 Å². The first-order valence-electron chi connectivity index (χ1n) is 22.7. The molecule has 1 aliphatic rings. The molecule has 0 spiro atoms. The molecule has 5 rings (SSSR count). The highest BCUT2D eigenvalue weighted by Crippen LogP contribution is 2.40. The molecule has 1 aliphatic heterocycles. The first-order valence-corrected chi connectivity index (χ1v) is 22.7. The molecule has 0 saturated heterocycles. The third-order valence-corrected chi connectivity index (χ3v) is 10.8. The molecule has 4 aromatic rings. The molecule has 3 atom stereocenters. The number of nitriles is 1. The van der Waals surface area contributed by atoms with Crippen molar-refractivity contribution >= 4 is 29.5 Å². The van der Waals surface area contributed by atoms with Crippen molar-refractivity contribution in [3.63, 3.8) is 0 Å². The molecule has 358 valence electrons. The Balaban J connectivity index is 0.00000318. The van der Waals surface area contributed by atoms with Crippen LogP contribution in [0, 0.1) is 18.3 Å². The van der Waals surface area contributed by atoms with E-state index < -0.39 is 54.2 Å². The summed E-state index contributed by atoms with van der Waals surface area (Å²) in [6, 6.07) is 16.4. The van der Waals surface area contributed by atoms with Crippen molar-refractivity contribution in [2.45, 2.75) is 84.3 Å². The van der Waals surface area contributed by atoms with Crippen molar-refractivity contribution in [2.75, 3.05) is 53.0 Å². The van der Waals surface area contributed by atoms with Gasteiger partial charge in [-0.05, 0) is 74.2 Å². The molecule has 18 nitrogen and oxygen atoms in total. The van der Waals surface area contributed by atoms with E-state index in [1.807, 2.05) is 25.1 Å². The molecule has 0 radical (unpaired) electrons. The fourth-order valence-electron chi connectivity index (χ4n) is 7.26. The van der Waals surface area contributed by atoms with Gasteiger partial charge < -0.3 is 52.8 Å². The number of nitrogens with zero attached hydrogens (tertiary/aromatic N) is 4. The number of carbonyl (C=O) groups excluding carboxylic acids is 5. The Morgan fingerprint density at radius 2 is 1.54 bits per heavy atom. The van der Waals surface area contributed by atoms with Crippen LogP contribution in [-0.2, 0) is 32.0 Å². The summed E-state index contributed by atoms with van der Waals surface area (Å²) in [6.07, 6.45) is 7.17. The number of rotatable bonds is 18. The summed E-state index contributed by atoms with van der Waals surface area (Å²) in [7, 11) is 1.41. The maximum absolute atomic E-state index is 14.3. The molecule has 1 aromatic heterocycles. The first kappa shape index (κ1) is 52.7. The second-order valence-corrected chi connectivity index (χ2v) is 15.9. The highest BCUT2D eigenvalue weighted by atomic mass is 16.5. The molecule has 1 unspecified atom stereocenters. The lowest BCUT2D eigenvalue weighted by atomic mass is 9.93. The number of unbranched alkanes of at least 4 members (excludes halogenated alkanes) is 3. The van der Waals surface area contributed by atoms with Gasteiger partial charge in [0.1, 0.15) is 49.4 Å². The summed E-state index contributed by atoms with van der Waals surface area (Å²) in [4.78, 5) is 78.9. The highest BCUT2D eigenvalue weighted by Gasteiger charge is 2.33. The molecule has 3 aromatic carbocycles. The van der Waals surface area contributed by atoms with Crippen LogP contribution in [0.3, 0.4) is 0 Å². The second-order valence-electron chi connectivity index (χ2n) is 15.9. The Morgan fingerprint density at radius 1 is 0.881 bits per heavy atom. The molecule has 2 heterocycles. The van der Waals surface area contributed by atoms with E-state index in [0.29, 0.717) is 45.3 Å². The van der Waals surface area contributed by atoms with E-state index >= 15 is 0 Å². The fraction of sp³-hybridized carbons (Fsp3) is 0.429. The Hall–Kier alpha value is -6.94. The summed E-state index contributed by atoms with van der Waals surface area (Å²) in [5.74, 6) is -1.99. The van der Waals surface area contributed by atoms with Gasteiger partial charge in [0.25, 0.3) is 5.91 Å². The number of nitrogens with one attached hydrogen (secondary N) is 4. The van der Waals surface area contributed by atoms with Crippen LogP contribution in [0.4, 0.5) is 0 Å². The number of ether oxygens (including phenoxy) is 2. The van der Waals surface area contributed by atoms with Crippen molar-refractivity contribution < 1.29 is 33.4 Å². The predicted octanol–water partition coefficient (Wildman–Crippen LogP) is 3.00. The molecular weight excluding hydrogens is 855 g/mol. The Bertz CT molecular complexity index is 2350. The quantitative estimate of drug-likeness (QED) is 0.0559. The number of fused-ring (bicyclic) bond motifs is 5. The van der Waals surface area contributed by atoms with E-state index in [4.69, 9.17) is 31.9 Å². The lowest BCUT2D eigenvalue weighted by molar-refractivity contribution is -0.139. The first-order chi connectivity index (χ1) is 32.3. The fourth-order valence-corrected chi connectivity index (χ4v) is 7.26. The third kappa shape index (κ3) is 15.0. The molecule has 4 bridgehead atoms. The van der Waals surface area contributed by atoms with E-state index in [1.54, 1.807) is 43.3 Å². The molecule has 5 amide bonds. The molecular formula is C49H65N11O7. The number of aromatic nitrogens is 2. The van der Waals surface area contributed by atoms with E-state index in [9.17, 15) is 24.0 Å². The number of carbonyl (C=O) groups is 5. The summed E-state index contributed by atoms with van der Waals surface area (Å²) >= 11 is 0. The normalized spacial score (nSPS) is 15.5. The standard InChI is InChI=1S/C47H58N10O7.C2H7N/c1-5-6-7-8-9-31-10-13-33(14-11-31)43-52-27-37(29(2)54-43)45(60)53-28-41(58)57(4)42-34-15-17-40(64-23-20-50)36(26-34)35-24-32(12-16-39(35)63-22-19-49)25-38(46(61)51-21-18-48)56-44(59)30(3)55-47(42)62;1-2-3/h10-17,24,26-27,30,38,42H,5-9,19-23,25,28,49-50H2,1-4H3,(H,51,61)(H,53,60)(H,55,62)(H,56,59);2-3H2,1H3/t30-,38-,42?;/m0./s1. The van der Waals surface area contributed by atoms with Gasteiger partial charge in [-0.1, -0.05) is 69.5 Å². The highest BCUT2D eigenvalue weighted by molar-refractivity contribution is 5.99.